The van der Waals surface area contributed by atoms with Gasteiger partial charge in [0, 0.05) is 0 Å². The minimum absolute atomic E-state index is 0.233. The van der Waals surface area contributed by atoms with E-state index in [2.05, 4.69) is 6.58 Å². The Kier molecular flexibility index (Phi) is 4.40. The average Bonchev–Trinajstić information content (AvgIpc) is 2.29. The molecule has 1 aromatic rings. The largest absolute Gasteiger partial charge is 0.508 e. The first-order valence-electron chi connectivity index (χ1n) is 5.06. The Morgan fingerprint density at radius 2 is 1.81 bits per heavy atom. The molecule has 0 aliphatic rings. The Hall–Kier alpha value is -1.96. The fraction of sp³-hybridized carbons (Fsp3) is 0.143. The van der Waals surface area contributed by atoms with Gasteiger partial charge in [0.1, 0.15) is 17.3 Å². The van der Waals surface area contributed by atoms with Gasteiger partial charge in [-0.2, -0.15) is 0 Å². The van der Waals surface area contributed by atoms with Crippen LogP contribution >= 0.6 is 0 Å². The van der Waals surface area contributed by atoms with Gasteiger partial charge in [-0.05, 0) is 44.2 Å². The number of aromatic hydroxyl groups is 1. The zero-order valence-electron chi connectivity index (χ0n) is 9.60. The molecule has 2 nitrogen and oxygen atoms in total. The average molecular weight is 216 g/mol. The molecule has 0 fully saturated rings. The van der Waals surface area contributed by atoms with Gasteiger partial charge in [-0.3, -0.25) is 0 Å². The van der Waals surface area contributed by atoms with Gasteiger partial charge in [0.2, 0.25) is 0 Å². The van der Waals surface area contributed by atoms with Gasteiger partial charge >= 0.3 is 0 Å². The van der Waals surface area contributed by atoms with E-state index in [0.717, 1.165) is 11.3 Å². The first-order chi connectivity index (χ1) is 7.61. The molecule has 0 aromatic heterocycles. The van der Waals surface area contributed by atoms with Crippen molar-refractivity contribution in [3.8, 4) is 11.5 Å². The highest BCUT2D eigenvalue weighted by Crippen LogP contribution is 2.18. The van der Waals surface area contributed by atoms with Crippen LogP contribution < -0.4 is 4.74 Å². The highest BCUT2D eigenvalue weighted by molar-refractivity contribution is 5.31. The maximum atomic E-state index is 9.11. The molecule has 0 saturated carbocycles. The first kappa shape index (κ1) is 12.1. The lowest BCUT2D eigenvalue weighted by Gasteiger charge is -2.04. The van der Waals surface area contributed by atoms with Crippen molar-refractivity contribution in [1.82, 2.24) is 0 Å². The molecular formula is C14H16O2. The van der Waals surface area contributed by atoms with E-state index in [4.69, 9.17) is 9.84 Å². The van der Waals surface area contributed by atoms with Gasteiger partial charge in [0.25, 0.3) is 0 Å². The molecule has 2 heteroatoms. The second-order valence-electron chi connectivity index (χ2n) is 3.49. The highest BCUT2D eigenvalue weighted by Gasteiger charge is 1.94. The Balaban J connectivity index is 2.67. The number of ether oxygens (including phenoxy) is 1. The fourth-order valence-corrected chi connectivity index (χ4v) is 1.05. The minimum Gasteiger partial charge on any atom is -0.508 e. The summed E-state index contributed by atoms with van der Waals surface area (Å²) < 4.78 is 5.54. The van der Waals surface area contributed by atoms with Crippen molar-refractivity contribution in [2.45, 2.75) is 13.8 Å². The number of phenolic OH excluding ortho intramolecular Hbond substituents is 1. The van der Waals surface area contributed by atoms with Crippen LogP contribution in [0, 0.1) is 0 Å². The quantitative estimate of drug-likeness (QED) is 0.612. The molecule has 16 heavy (non-hydrogen) atoms. The molecule has 0 aliphatic heterocycles. The number of allylic oxidation sites excluding steroid dienone is 5. The lowest BCUT2D eigenvalue weighted by Crippen LogP contribution is -1.89. The Labute approximate surface area is 96.2 Å². The molecule has 0 saturated heterocycles. The molecule has 0 spiro atoms. The predicted octanol–water partition coefficient (Wildman–Crippen LogP) is 3.81. The summed E-state index contributed by atoms with van der Waals surface area (Å²) in [5, 5.41) is 9.11. The van der Waals surface area contributed by atoms with Crippen molar-refractivity contribution in [3.05, 3.63) is 60.4 Å². The van der Waals surface area contributed by atoms with Crippen LogP contribution in [0.3, 0.4) is 0 Å². The van der Waals surface area contributed by atoms with Gasteiger partial charge in [0.05, 0.1) is 0 Å². The van der Waals surface area contributed by atoms with Crippen LogP contribution in [-0.4, -0.2) is 5.11 Å². The van der Waals surface area contributed by atoms with E-state index in [1.165, 1.54) is 0 Å². The lowest BCUT2D eigenvalue weighted by molar-refractivity contribution is 0.424. The zero-order valence-corrected chi connectivity index (χ0v) is 9.60. The molecule has 1 rings (SSSR count). The molecule has 0 amide bonds. The van der Waals surface area contributed by atoms with Gasteiger partial charge in [-0.25, -0.2) is 0 Å². The monoisotopic (exact) mass is 216 g/mol. The smallest absolute Gasteiger partial charge is 0.127 e. The van der Waals surface area contributed by atoms with Gasteiger partial charge in [0.15, 0.2) is 0 Å². The van der Waals surface area contributed by atoms with Crippen LogP contribution in [0.2, 0.25) is 0 Å². The third-order valence-electron chi connectivity index (χ3n) is 2.02. The van der Waals surface area contributed by atoms with Crippen molar-refractivity contribution in [2.75, 3.05) is 0 Å². The number of hydrogen-bond acceptors (Lipinski definition) is 2. The van der Waals surface area contributed by atoms with E-state index in [-0.39, 0.29) is 5.75 Å². The summed E-state index contributed by atoms with van der Waals surface area (Å²) in [4.78, 5) is 0. The summed E-state index contributed by atoms with van der Waals surface area (Å²) in [6.45, 7) is 7.51. The van der Waals surface area contributed by atoms with E-state index in [1.807, 2.05) is 26.0 Å². The summed E-state index contributed by atoms with van der Waals surface area (Å²) in [5.41, 5.74) is 1.08. The Morgan fingerprint density at radius 1 is 1.19 bits per heavy atom. The van der Waals surface area contributed by atoms with Crippen molar-refractivity contribution in [2.24, 2.45) is 0 Å². The van der Waals surface area contributed by atoms with E-state index in [1.54, 1.807) is 30.3 Å². The normalized spacial score (nSPS) is 12.4. The van der Waals surface area contributed by atoms with Crippen LogP contribution in [0.1, 0.15) is 13.8 Å². The van der Waals surface area contributed by atoms with E-state index >= 15 is 0 Å². The Morgan fingerprint density at radius 3 is 2.38 bits per heavy atom. The molecule has 0 radical (unpaired) electrons. The van der Waals surface area contributed by atoms with Gasteiger partial charge in [-0.15, -0.1) is 0 Å². The molecule has 0 aliphatic carbocycles. The summed E-state index contributed by atoms with van der Waals surface area (Å²) >= 11 is 0. The summed E-state index contributed by atoms with van der Waals surface area (Å²) in [7, 11) is 0. The van der Waals surface area contributed by atoms with Crippen molar-refractivity contribution in [1.29, 1.82) is 0 Å². The molecule has 0 atom stereocenters. The maximum absolute atomic E-state index is 9.11. The summed E-state index contributed by atoms with van der Waals surface area (Å²) in [6, 6.07) is 6.62. The molecule has 1 N–H and O–H groups in total. The van der Waals surface area contributed by atoms with Crippen LogP contribution in [0.15, 0.2) is 60.4 Å². The predicted molar refractivity (Wildman–Crippen MR) is 66.4 cm³/mol. The number of benzene rings is 1. The SMILES string of the molecule is C=C/C(C)=C\C=C(/C)Oc1ccc(O)cc1. The number of rotatable bonds is 4. The molecule has 0 heterocycles. The maximum Gasteiger partial charge on any atom is 0.127 e. The van der Waals surface area contributed by atoms with Crippen LogP contribution in [0.25, 0.3) is 0 Å². The van der Waals surface area contributed by atoms with Crippen LogP contribution in [0.4, 0.5) is 0 Å². The van der Waals surface area contributed by atoms with Crippen molar-refractivity contribution in [3.63, 3.8) is 0 Å². The van der Waals surface area contributed by atoms with E-state index < -0.39 is 0 Å². The third kappa shape index (κ3) is 4.05. The molecule has 1 aromatic carbocycles. The molecule has 0 bridgehead atoms. The van der Waals surface area contributed by atoms with Crippen LogP contribution in [0.5, 0.6) is 11.5 Å². The first-order valence-corrected chi connectivity index (χ1v) is 5.06. The fourth-order valence-electron chi connectivity index (χ4n) is 1.05. The van der Waals surface area contributed by atoms with E-state index in [0.29, 0.717) is 5.75 Å². The summed E-state index contributed by atoms with van der Waals surface area (Å²) in [6.07, 6.45) is 5.59. The second-order valence-corrected chi connectivity index (χ2v) is 3.49. The zero-order chi connectivity index (χ0) is 12.0. The number of phenols is 1. The van der Waals surface area contributed by atoms with Gasteiger partial charge in [-0.1, -0.05) is 24.3 Å². The third-order valence-corrected chi connectivity index (χ3v) is 2.02. The highest BCUT2D eigenvalue weighted by atomic mass is 16.5. The number of hydrogen-bond donors (Lipinski definition) is 1. The lowest BCUT2D eigenvalue weighted by atomic mass is 10.2. The van der Waals surface area contributed by atoms with E-state index in [9.17, 15) is 0 Å². The Bertz CT molecular complexity index is 411. The molecule has 0 unspecified atom stereocenters. The van der Waals surface area contributed by atoms with Crippen molar-refractivity contribution < 1.29 is 9.84 Å². The van der Waals surface area contributed by atoms with Crippen LogP contribution in [-0.2, 0) is 0 Å². The summed E-state index contributed by atoms with van der Waals surface area (Å²) in [5.74, 6) is 1.72. The minimum atomic E-state index is 0.233. The standard InChI is InChI=1S/C14H16O2/c1-4-11(2)5-6-12(3)16-14-9-7-13(15)8-10-14/h4-10,15H,1H2,2-3H3/b11-5-,12-6+. The van der Waals surface area contributed by atoms with Gasteiger partial charge < -0.3 is 9.84 Å². The topological polar surface area (TPSA) is 29.5 Å². The second kappa shape index (κ2) is 5.81. The molecule has 84 valence electrons. The van der Waals surface area contributed by atoms with Crippen molar-refractivity contribution >= 4 is 0 Å². The molecular weight excluding hydrogens is 200 g/mol.